The lowest BCUT2D eigenvalue weighted by molar-refractivity contribution is -0.392. The van der Waals surface area contributed by atoms with E-state index in [2.05, 4.69) is 25.9 Å². The monoisotopic (exact) mass is 486 g/mol. The summed E-state index contributed by atoms with van der Waals surface area (Å²) in [5.41, 5.74) is 3.67. The number of rotatable bonds is 6. The third-order valence-corrected chi connectivity index (χ3v) is 6.20. The lowest BCUT2D eigenvalue weighted by Gasteiger charge is -2.15. The summed E-state index contributed by atoms with van der Waals surface area (Å²) in [7, 11) is 0. The Bertz CT molecular complexity index is 1390. The highest BCUT2D eigenvalue weighted by molar-refractivity contribution is 9.10. The smallest absolute Gasteiger partial charge is 0.324 e. The fraction of sp³-hybridized carbons (Fsp3) is 0.0800. The molecule has 2 aromatic heterocycles. The Morgan fingerprint density at radius 3 is 2.59 bits per heavy atom. The zero-order valence-corrected chi connectivity index (χ0v) is 18.6. The van der Waals surface area contributed by atoms with Crippen LogP contribution < -0.4 is 0 Å². The maximum atomic E-state index is 12.1. The van der Waals surface area contributed by atoms with E-state index >= 15 is 0 Å². The number of H-pyrrole nitrogens is 1. The SMILES string of the molecule is O=[N+]([O-])c1cc(-c2cccc3ccccc23)cn1C(Cc1ccc(Br)cc1)c1cnc[nH]1. The number of halogens is 1. The van der Waals surface area contributed by atoms with Gasteiger partial charge in [0.2, 0.25) is 0 Å². The number of fused-ring (bicyclic) bond motifs is 1. The molecule has 0 spiro atoms. The van der Waals surface area contributed by atoms with Crippen LogP contribution >= 0.6 is 15.9 Å². The van der Waals surface area contributed by atoms with Crippen LogP contribution in [0.5, 0.6) is 0 Å². The highest BCUT2D eigenvalue weighted by atomic mass is 79.9. The van der Waals surface area contributed by atoms with Crippen LogP contribution in [0.1, 0.15) is 17.3 Å². The molecule has 0 aliphatic carbocycles. The van der Waals surface area contributed by atoms with E-state index in [1.165, 1.54) is 0 Å². The van der Waals surface area contributed by atoms with Crippen molar-refractivity contribution in [3.05, 3.63) is 117 Å². The molecular weight excluding hydrogens is 468 g/mol. The lowest BCUT2D eigenvalue weighted by atomic mass is 10.0. The van der Waals surface area contributed by atoms with E-state index in [0.717, 1.165) is 37.6 Å². The third kappa shape index (κ3) is 3.83. The van der Waals surface area contributed by atoms with Crippen molar-refractivity contribution in [2.75, 3.05) is 0 Å². The van der Waals surface area contributed by atoms with Crippen molar-refractivity contribution in [2.24, 2.45) is 0 Å². The maximum absolute atomic E-state index is 12.1. The van der Waals surface area contributed by atoms with E-state index in [1.54, 1.807) is 23.2 Å². The molecule has 2 heterocycles. The normalized spacial score (nSPS) is 12.2. The molecule has 7 heteroatoms. The molecule has 0 aliphatic rings. The number of nitrogens with one attached hydrogen (secondary N) is 1. The summed E-state index contributed by atoms with van der Waals surface area (Å²) in [4.78, 5) is 19.0. The number of aromatic amines is 1. The second-order valence-electron chi connectivity index (χ2n) is 7.63. The Morgan fingerprint density at radius 2 is 1.84 bits per heavy atom. The van der Waals surface area contributed by atoms with Gasteiger partial charge in [0.05, 0.1) is 24.4 Å². The van der Waals surface area contributed by atoms with Gasteiger partial charge in [-0.15, -0.1) is 0 Å². The molecule has 0 fully saturated rings. The van der Waals surface area contributed by atoms with Crippen molar-refractivity contribution in [2.45, 2.75) is 12.5 Å². The van der Waals surface area contributed by atoms with E-state index in [4.69, 9.17) is 0 Å². The quantitative estimate of drug-likeness (QED) is 0.218. The van der Waals surface area contributed by atoms with Crippen LogP contribution in [0.3, 0.4) is 0 Å². The molecular formula is C25H19BrN4O2. The van der Waals surface area contributed by atoms with Gasteiger partial charge in [-0.05, 0) is 39.0 Å². The third-order valence-electron chi connectivity index (χ3n) is 5.67. The minimum Gasteiger partial charge on any atom is -0.358 e. The summed E-state index contributed by atoms with van der Waals surface area (Å²) in [5, 5.41) is 14.2. The number of nitrogens with zero attached hydrogens (tertiary/aromatic N) is 3. The van der Waals surface area contributed by atoms with Gasteiger partial charge < -0.3 is 15.1 Å². The molecule has 3 aromatic carbocycles. The number of imidazole rings is 1. The molecule has 0 bridgehead atoms. The van der Waals surface area contributed by atoms with Crippen molar-refractivity contribution in [3.8, 4) is 11.1 Å². The van der Waals surface area contributed by atoms with E-state index in [1.807, 2.05) is 72.9 Å². The van der Waals surface area contributed by atoms with Crippen LogP contribution in [-0.2, 0) is 6.42 Å². The first kappa shape index (κ1) is 20.2. The summed E-state index contributed by atoms with van der Waals surface area (Å²) >= 11 is 3.46. The van der Waals surface area contributed by atoms with Crippen molar-refractivity contribution in [1.29, 1.82) is 0 Å². The Labute approximate surface area is 192 Å². The molecule has 6 nitrogen and oxygen atoms in total. The number of nitro groups is 1. The lowest BCUT2D eigenvalue weighted by Crippen LogP contribution is -2.15. The molecule has 1 N–H and O–H groups in total. The molecule has 0 amide bonds. The molecule has 0 radical (unpaired) electrons. The van der Waals surface area contributed by atoms with Gasteiger partial charge in [0, 0.05) is 22.5 Å². The van der Waals surface area contributed by atoms with Gasteiger partial charge >= 0.3 is 5.82 Å². The molecule has 0 saturated heterocycles. The van der Waals surface area contributed by atoms with Gasteiger partial charge in [0.15, 0.2) is 0 Å². The molecule has 0 aliphatic heterocycles. The van der Waals surface area contributed by atoms with Crippen molar-refractivity contribution < 1.29 is 4.92 Å². The first-order chi connectivity index (χ1) is 15.6. The molecule has 32 heavy (non-hydrogen) atoms. The first-order valence-electron chi connectivity index (χ1n) is 10.2. The summed E-state index contributed by atoms with van der Waals surface area (Å²) in [6, 6.07) is 23.5. The van der Waals surface area contributed by atoms with Crippen molar-refractivity contribution in [3.63, 3.8) is 0 Å². The highest BCUT2D eigenvalue weighted by Crippen LogP contribution is 2.36. The van der Waals surface area contributed by atoms with E-state index in [0.29, 0.717) is 6.42 Å². The van der Waals surface area contributed by atoms with Gasteiger partial charge in [0.25, 0.3) is 0 Å². The number of aromatic nitrogens is 3. The number of hydrogen-bond donors (Lipinski definition) is 1. The van der Waals surface area contributed by atoms with Gasteiger partial charge in [0.1, 0.15) is 6.04 Å². The summed E-state index contributed by atoms with van der Waals surface area (Å²) < 4.78 is 2.73. The van der Waals surface area contributed by atoms with Crippen LogP contribution in [-0.4, -0.2) is 19.5 Å². The van der Waals surface area contributed by atoms with Crippen LogP contribution in [0.25, 0.3) is 21.9 Å². The Balaban J connectivity index is 1.65. The Morgan fingerprint density at radius 1 is 1.06 bits per heavy atom. The molecule has 1 atom stereocenters. The van der Waals surface area contributed by atoms with Crippen molar-refractivity contribution >= 4 is 32.5 Å². The number of benzene rings is 3. The summed E-state index contributed by atoms with van der Waals surface area (Å²) in [6.07, 6.45) is 5.79. The van der Waals surface area contributed by atoms with Crippen molar-refractivity contribution in [1.82, 2.24) is 14.5 Å². The average Bonchev–Trinajstić information content (AvgIpc) is 3.49. The van der Waals surface area contributed by atoms with E-state index < -0.39 is 0 Å². The molecule has 0 saturated carbocycles. The van der Waals surface area contributed by atoms with Crippen LogP contribution in [0.15, 0.2) is 96.0 Å². The molecule has 5 rings (SSSR count). The van der Waals surface area contributed by atoms with Crippen LogP contribution in [0.2, 0.25) is 0 Å². The standard InChI is InChI=1S/C25H19BrN4O2/c26-20-10-8-17(9-11-20)12-24(23-14-27-16-28-23)29-15-19(13-25(29)30(31)32)22-7-3-5-18-4-1-2-6-21(18)22/h1-11,13-16,24H,12H2,(H,27,28). The Hall–Kier alpha value is -3.71. The maximum Gasteiger partial charge on any atom is 0.324 e. The Kier molecular flexibility index (Phi) is 5.33. The highest BCUT2D eigenvalue weighted by Gasteiger charge is 2.28. The minimum atomic E-state index is -0.320. The fourth-order valence-electron chi connectivity index (χ4n) is 4.14. The zero-order valence-electron chi connectivity index (χ0n) is 17.0. The topological polar surface area (TPSA) is 76.8 Å². The van der Waals surface area contributed by atoms with Gasteiger partial charge in [-0.1, -0.05) is 70.5 Å². The van der Waals surface area contributed by atoms with Gasteiger partial charge in [-0.3, -0.25) is 0 Å². The van der Waals surface area contributed by atoms with Crippen LogP contribution in [0, 0.1) is 10.1 Å². The van der Waals surface area contributed by atoms with Gasteiger partial charge in [-0.25, -0.2) is 9.55 Å². The number of hydrogen-bond acceptors (Lipinski definition) is 3. The second kappa shape index (κ2) is 8.43. The summed E-state index contributed by atoms with van der Waals surface area (Å²) in [6.45, 7) is 0. The first-order valence-corrected chi connectivity index (χ1v) is 11.0. The predicted molar refractivity (Wildman–Crippen MR) is 129 cm³/mol. The minimum absolute atomic E-state index is 0.0460. The average molecular weight is 487 g/mol. The van der Waals surface area contributed by atoms with Gasteiger partial charge in [-0.2, -0.15) is 0 Å². The summed E-state index contributed by atoms with van der Waals surface area (Å²) in [5.74, 6) is 0.0460. The largest absolute Gasteiger partial charge is 0.358 e. The molecule has 158 valence electrons. The molecule has 1 unspecified atom stereocenters. The van der Waals surface area contributed by atoms with Crippen LogP contribution in [0.4, 0.5) is 5.82 Å². The zero-order chi connectivity index (χ0) is 22.1. The predicted octanol–water partition coefficient (Wildman–Crippen LogP) is 6.53. The fourth-order valence-corrected chi connectivity index (χ4v) is 4.40. The molecule has 5 aromatic rings. The van der Waals surface area contributed by atoms with E-state index in [-0.39, 0.29) is 16.8 Å². The van der Waals surface area contributed by atoms with E-state index in [9.17, 15) is 10.1 Å². The second-order valence-corrected chi connectivity index (χ2v) is 8.55.